The molecule has 0 amide bonds. The molecule has 2 rings (SSSR count). The first-order chi connectivity index (χ1) is 9.63. The summed E-state index contributed by atoms with van der Waals surface area (Å²) < 4.78 is 29.2. The largest absolute Gasteiger partial charge is 0.381 e. The second kappa shape index (κ2) is 5.39. The molecule has 0 aliphatic rings. The fraction of sp³-hybridized carbons (Fsp3) is 0.500. The van der Waals surface area contributed by atoms with Crippen molar-refractivity contribution in [3.05, 3.63) is 21.3 Å². The lowest BCUT2D eigenvalue weighted by atomic mass is 10.2. The monoisotopic (exact) mass is 329 g/mol. The van der Waals surface area contributed by atoms with Crippen LogP contribution in [0.3, 0.4) is 0 Å². The molecule has 0 fully saturated rings. The third-order valence-electron chi connectivity index (χ3n) is 3.24. The quantitative estimate of drug-likeness (QED) is 0.883. The van der Waals surface area contributed by atoms with Gasteiger partial charge in [0.25, 0.3) is 0 Å². The summed E-state index contributed by atoms with van der Waals surface area (Å²) in [5.41, 5.74) is 7.06. The maximum atomic E-state index is 12.5. The van der Waals surface area contributed by atoms with Crippen molar-refractivity contribution in [1.82, 2.24) is 19.5 Å². The number of nitrogens with zero attached hydrogens (tertiary/aromatic N) is 3. The van der Waals surface area contributed by atoms with Gasteiger partial charge in [0.2, 0.25) is 10.0 Å². The van der Waals surface area contributed by atoms with Gasteiger partial charge in [-0.2, -0.15) is 5.10 Å². The molecule has 116 valence electrons. The number of hydrogen-bond donors (Lipinski definition) is 2. The molecule has 9 heteroatoms. The Morgan fingerprint density at radius 3 is 2.38 bits per heavy atom. The molecule has 0 aliphatic carbocycles. The number of thiazole rings is 1. The number of aryl methyl sites for hydroxylation is 3. The Morgan fingerprint density at radius 2 is 1.95 bits per heavy atom. The van der Waals surface area contributed by atoms with E-state index in [9.17, 15) is 8.42 Å². The van der Waals surface area contributed by atoms with Gasteiger partial charge in [0.1, 0.15) is 4.90 Å². The van der Waals surface area contributed by atoms with Crippen LogP contribution in [0.5, 0.6) is 0 Å². The molecule has 0 spiro atoms. The fourth-order valence-electron chi connectivity index (χ4n) is 2.24. The second-order valence-electron chi connectivity index (χ2n) is 4.95. The van der Waals surface area contributed by atoms with E-state index < -0.39 is 10.0 Å². The van der Waals surface area contributed by atoms with E-state index in [0.29, 0.717) is 5.69 Å². The molecule has 3 N–H and O–H groups in total. The zero-order valence-corrected chi connectivity index (χ0v) is 14.3. The van der Waals surface area contributed by atoms with E-state index >= 15 is 0 Å². The van der Waals surface area contributed by atoms with Crippen molar-refractivity contribution < 1.29 is 8.42 Å². The van der Waals surface area contributed by atoms with Crippen LogP contribution in [0, 0.1) is 20.8 Å². The summed E-state index contributed by atoms with van der Waals surface area (Å²) in [7, 11) is -2.08. The Morgan fingerprint density at radius 1 is 1.33 bits per heavy atom. The predicted molar refractivity (Wildman–Crippen MR) is 82.7 cm³/mol. The van der Waals surface area contributed by atoms with Crippen LogP contribution < -0.4 is 10.5 Å². The Bertz CT molecular complexity index is 776. The number of nitrogens with one attached hydrogen (secondary N) is 1. The van der Waals surface area contributed by atoms with E-state index in [2.05, 4.69) is 14.8 Å². The number of rotatable bonds is 4. The van der Waals surface area contributed by atoms with Crippen LogP contribution in [-0.2, 0) is 17.1 Å². The highest BCUT2D eigenvalue weighted by atomic mass is 32.2. The molecular formula is C12H19N5O2S2. The van der Waals surface area contributed by atoms with Crippen molar-refractivity contribution in [2.75, 3.05) is 5.73 Å². The first-order valence-corrected chi connectivity index (χ1v) is 8.68. The van der Waals surface area contributed by atoms with Gasteiger partial charge >= 0.3 is 0 Å². The highest BCUT2D eigenvalue weighted by molar-refractivity contribution is 7.89. The SMILES string of the molecule is Cc1nc(C)c(C(C)NS(=O)(=O)c2c(N)nn(C)c2C)s1. The third kappa shape index (κ3) is 2.94. The highest BCUT2D eigenvalue weighted by Gasteiger charge is 2.27. The van der Waals surface area contributed by atoms with Crippen LogP contribution in [0.4, 0.5) is 5.82 Å². The van der Waals surface area contributed by atoms with Crippen molar-refractivity contribution in [3.8, 4) is 0 Å². The van der Waals surface area contributed by atoms with Crippen LogP contribution in [0.2, 0.25) is 0 Å². The van der Waals surface area contributed by atoms with E-state index in [-0.39, 0.29) is 16.8 Å². The molecule has 0 bridgehead atoms. The highest BCUT2D eigenvalue weighted by Crippen LogP contribution is 2.28. The fourth-order valence-corrected chi connectivity index (χ4v) is 4.78. The van der Waals surface area contributed by atoms with Crippen molar-refractivity contribution in [2.45, 2.75) is 38.6 Å². The summed E-state index contributed by atoms with van der Waals surface area (Å²) in [5.74, 6) is 0.00640. The van der Waals surface area contributed by atoms with Crippen LogP contribution in [0.25, 0.3) is 0 Å². The second-order valence-corrected chi connectivity index (χ2v) is 7.83. The minimum Gasteiger partial charge on any atom is -0.381 e. The molecule has 2 aromatic rings. The lowest BCUT2D eigenvalue weighted by Crippen LogP contribution is -2.27. The average molecular weight is 329 g/mol. The summed E-state index contributed by atoms with van der Waals surface area (Å²) in [4.78, 5) is 5.25. The molecule has 21 heavy (non-hydrogen) atoms. The standard InChI is InChI=1S/C12H19N5O2S2/c1-6-10(20-9(4)14-6)7(2)16-21(18,19)11-8(3)17(5)15-12(11)13/h7,16H,1-5H3,(H2,13,15). The lowest BCUT2D eigenvalue weighted by Gasteiger charge is -2.13. The topological polar surface area (TPSA) is 103 Å². The Balaban J connectivity index is 2.35. The van der Waals surface area contributed by atoms with Crippen LogP contribution in [-0.4, -0.2) is 23.2 Å². The van der Waals surface area contributed by atoms with Gasteiger partial charge in [-0.05, 0) is 27.7 Å². The first-order valence-electron chi connectivity index (χ1n) is 6.38. The molecule has 0 aromatic carbocycles. The number of nitrogen functional groups attached to an aromatic ring is 1. The van der Waals surface area contributed by atoms with Gasteiger partial charge in [0, 0.05) is 11.9 Å². The summed E-state index contributed by atoms with van der Waals surface area (Å²) in [6.07, 6.45) is 0. The summed E-state index contributed by atoms with van der Waals surface area (Å²) in [5, 5.41) is 4.85. The lowest BCUT2D eigenvalue weighted by molar-refractivity contribution is 0.567. The van der Waals surface area contributed by atoms with E-state index in [0.717, 1.165) is 15.6 Å². The zero-order valence-electron chi connectivity index (χ0n) is 12.6. The zero-order chi connectivity index (χ0) is 15.9. The molecule has 1 unspecified atom stereocenters. The Labute approximate surface area is 128 Å². The van der Waals surface area contributed by atoms with Crippen molar-refractivity contribution >= 4 is 27.2 Å². The molecular weight excluding hydrogens is 310 g/mol. The molecule has 0 saturated heterocycles. The minimum absolute atomic E-state index is 0.00640. The third-order valence-corrected chi connectivity index (χ3v) is 6.20. The maximum Gasteiger partial charge on any atom is 0.246 e. The molecule has 2 aromatic heterocycles. The number of sulfonamides is 1. The van der Waals surface area contributed by atoms with Gasteiger partial charge < -0.3 is 5.73 Å². The summed E-state index contributed by atoms with van der Waals surface area (Å²) in [6, 6.07) is -0.375. The first kappa shape index (κ1) is 15.9. The Kier molecular flexibility index (Phi) is 4.09. The van der Waals surface area contributed by atoms with Crippen molar-refractivity contribution in [1.29, 1.82) is 0 Å². The average Bonchev–Trinajstić information content (AvgIpc) is 2.79. The van der Waals surface area contributed by atoms with Gasteiger partial charge in [-0.25, -0.2) is 18.1 Å². The van der Waals surface area contributed by atoms with Crippen LogP contribution in [0.1, 0.15) is 34.2 Å². The molecule has 7 nitrogen and oxygen atoms in total. The van der Waals surface area contributed by atoms with E-state index in [1.54, 1.807) is 20.9 Å². The normalized spacial score (nSPS) is 13.6. The number of hydrogen-bond acceptors (Lipinski definition) is 6. The van der Waals surface area contributed by atoms with E-state index in [1.165, 1.54) is 16.0 Å². The maximum absolute atomic E-state index is 12.5. The van der Waals surface area contributed by atoms with E-state index in [4.69, 9.17) is 5.73 Å². The minimum atomic E-state index is -3.74. The van der Waals surface area contributed by atoms with Crippen LogP contribution in [0.15, 0.2) is 4.90 Å². The van der Waals surface area contributed by atoms with Gasteiger partial charge in [-0.3, -0.25) is 4.68 Å². The molecule has 0 radical (unpaired) electrons. The van der Waals surface area contributed by atoms with Gasteiger partial charge in [-0.15, -0.1) is 11.3 Å². The summed E-state index contributed by atoms with van der Waals surface area (Å²) >= 11 is 1.48. The van der Waals surface area contributed by atoms with Crippen molar-refractivity contribution in [3.63, 3.8) is 0 Å². The van der Waals surface area contributed by atoms with Crippen LogP contribution >= 0.6 is 11.3 Å². The Hall–Kier alpha value is -1.45. The van der Waals surface area contributed by atoms with Gasteiger partial charge in [-0.1, -0.05) is 0 Å². The number of aromatic nitrogens is 3. The van der Waals surface area contributed by atoms with Gasteiger partial charge in [0.15, 0.2) is 5.82 Å². The molecule has 0 aliphatic heterocycles. The van der Waals surface area contributed by atoms with E-state index in [1.807, 2.05) is 13.8 Å². The van der Waals surface area contributed by atoms with Crippen molar-refractivity contribution in [2.24, 2.45) is 7.05 Å². The molecule has 0 saturated carbocycles. The number of nitrogens with two attached hydrogens (primary N) is 1. The number of anilines is 1. The smallest absolute Gasteiger partial charge is 0.246 e. The summed E-state index contributed by atoms with van der Waals surface area (Å²) in [6.45, 7) is 7.23. The molecule has 2 heterocycles. The van der Waals surface area contributed by atoms with Gasteiger partial charge in [0.05, 0.1) is 22.4 Å². The molecule has 1 atom stereocenters. The predicted octanol–water partition coefficient (Wildman–Crippen LogP) is 1.42.